The van der Waals surface area contributed by atoms with Gasteiger partial charge in [-0.3, -0.25) is 0 Å². The molecule has 0 aromatic rings. The van der Waals surface area contributed by atoms with Crippen LogP contribution in [0.5, 0.6) is 0 Å². The molecule has 4 aliphatic rings. The van der Waals surface area contributed by atoms with Gasteiger partial charge in [-0.1, -0.05) is 0 Å². The zero-order valence-electron chi connectivity index (χ0n) is 5.96. The van der Waals surface area contributed by atoms with Gasteiger partial charge in [-0.05, 0) is 48.3 Å². The number of rotatable bonds is 0. The molecule has 0 saturated heterocycles. The van der Waals surface area contributed by atoms with Crippen LogP contribution in [0.3, 0.4) is 0 Å². The highest BCUT2D eigenvalue weighted by molar-refractivity contribution is 5.29. The molecule has 0 heterocycles. The molecule has 4 rings (SSSR count). The monoisotopic (exact) mass is 136 g/mol. The average Bonchev–Trinajstić information content (AvgIpc) is 2.54. The zero-order chi connectivity index (χ0) is 6.51. The van der Waals surface area contributed by atoms with Crippen molar-refractivity contribution >= 4 is 0 Å². The van der Waals surface area contributed by atoms with Crippen molar-refractivity contribution in [2.45, 2.75) is 25.4 Å². The van der Waals surface area contributed by atoms with Gasteiger partial charge in [0.2, 0.25) is 0 Å². The molecule has 0 radical (unpaired) electrons. The first-order chi connectivity index (χ1) is 4.83. The van der Waals surface area contributed by atoms with E-state index in [9.17, 15) is 5.11 Å². The maximum absolute atomic E-state index is 9.56. The molecule has 1 spiro atoms. The van der Waals surface area contributed by atoms with Gasteiger partial charge >= 0.3 is 0 Å². The molecule has 0 aliphatic heterocycles. The molecule has 4 saturated carbocycles. The topological polar surface area (TPSA) is 20.2 Å². The first kappa shape index (κ1) is 4.76. The molecule has 54 valence electrons. The molecule has 0 bridgehead atoms. The smallest absolute Gasteiger partial charge is 0.0602 e. The molecule has 4 aliphatic carbocycles. The van der Waals surface area contributed by atoms with E-state index in [1.807, 2.05) is 0 Å². The lowest BCUT2D eigenvalue weighted by molar-refractivity contribution is -0.185. The van der Waals surface area contributed by atoms with E-state index in [1.54, 1.807) is 0 Å². The molecular weight excluding hydrogens is 124 g/mol. The van der Waals surface area contributed by atoms with Gasteiger partial charge in [-0.15, -0.1) is 0 Å². The summed E-state index contributed by atoms with van der Waals surface area (Å²) in [6.07, 6.45) is 4.42. The summed E-state index contributed by atoms with van der Waals surface area (Å²) in [5, 5.41) is 9.56. The highest BCUT2D eigenvalue weighted by Crippen LogP contribution is 2.85. The predicted octanol–water partition coefficient (Wildman–Crippen LogP) is 1.02. The molecular formula is C9H12O. The summed E-state index contributed by atoms with van der Waals surface area (Å²) >= 11 is 0. The van der Waals surface area contributed by atoms with E-state index in [4.69, 9.17) is 0 Å². The van der Waals surface area contributed by atoms with Gasteiger partial charge in [0.05, 0.1) is 6.10 Å². The second kappa shape index (κ2) is 0.989. The maximum Gasteiger partial charge on any atom is 0.0602 e. The standard InChI is InChI=1S/C9H12O/c10-8-5-1-4-2-9(4)3-6(8)7(5)9/h4-8,10H,1-3H2. The Morgan fingerprint density at radius 1 is 1.20 bits per heavy atom. The summed E-state index contributed by atoms with van der Waals surface area (Å²) in [5.41, 5.74) is 0.842. The van der Waals surface area contributed by atoms with Crippen LogP contribution in [0.2, 0.25) is 0 Å². The molecule has 1 N–H and O–H groups in total. The van der Waals surface area contributed by atoms with Crippen LogP contribution in [0.15, 0.2) is 0 Å². The Morgan fingerprint density at radius 2 is 2.10 bits per heavy atom. The molecule has 10 heavy (non-hydrogen) atoms. The van der Waals surface area contributed by atoms with Gasteiger partial charge in [-0.25, -0.2) is 0 Å². The number of hydrogen-bond acceptors (Lipinski definition) is 1. The van der Waals surface area contributed by atoms with Crippen LogP contribution >= 0.6 is 0 Å². The van der Waals surface area contributed by atoms with Crippen molar-refractivity contribution in [3.05, 3.63) is 0 Å². The van der Waals surface area contributed by atoms with Crippen molar-refractivity contribution in [2.75, 3.05) is 0 Å². The van der Waals surface area contributed by atoms with Gasteiger partial charge in [0.15, 0.2) is 0 Å². The predicted molar refractivity (Wildman–Crippen MR) is 36.3 cm³/mol. The molecule has 0 aromatic heterocycles. The fourth-order valence-corrected chi connectivity index (χ4v) is 4.42. The van der Waals surface area contributed by atoms with Crippen molar-refractivity contribution in [1.82, 2.24) is 0 Å². The second-order valence-electron chi connectivity index (χ2n) is 4.92. The summed E-state index contributed by atoms with van der Waals surface area (Å²) in [5.74, 6) is 3.60. The minimum absolute atomic E-state index is 0.128. The average molecular weight is 136 g/mol. The Bertz CT molecular complexity index is 225. The molecule has 6 unspecified atom stereocenters. The fraction of sp³-hybridized carbons (Fsp3) is 1.00. The first-order valence-electron chi connectivity index (χ1n) is 4.51. The van der Waals surface area contributed by atoms with E-state index in [0.717, 1.165) is 29.1 Å². The third kappa shape index (κ3) is 0.241. The van der Waals surface area contributed by atoms with E-state index >= 15 is 0 Å². The highest BCUT2D eigenvalue weighted by atomic mass is 16.3. The summed E-state index contributed by atoms with van der Waals surface area (Å²) in [4.78, 5) is 0. The summed E-state index contributed by atoms with van der Waals surface area (Å²) in [6.45, 7) is 0. The van der Waals surface area contributed by atoms with Crippen LogP contribution in [0.1, 0.15) is 19.3 Å². The largest absolute Gasteiger partial charge is 0.393 e. The van der Waals surface area contributed by atoms with Gasteiger partial charge in [-0.2, -0.15) is 0 Å². The third-order valence-electron chi connectivity index (χ3n) is 4.92. The van der Waals surface area contributed by atoms with E-state index in [2.05, 4.69) is 0 Å². The quantitative estimate of drug-likeness (QED) is 0.527. The molecule has 4 fully saturated rings. The zero-order valence-corrected chi connectivity index (χ0v) is 5.96. The first-order valence-corrected chi connectivity index (χ1v) is 4.51. The lowest BCUT2D eigenvalue weighted by Crippen LogP contribution is -2.60. The van der Waals surface area contributed by atoms with E-state index < -0.39 is 0 Å². The number of aliphatic hydroxyl groups is 1. The Labute approximate surface area is 60.4 Å². The van der Waals surface area contributed by atoms with E-state index in [-0.39, 0.29) is 6.10 Å². The van der Waals surface area contributed by atoms with Crippen LogP contribution in [0.4, 0.5) is 0 Å². The van der Waals surface area contributed by atoms with Crippen LogP contribution in [0.25, 0.3) is 0 Å². The third-order valence-corrected chi connectivity index (χ3v) is 4.92. The normalized spacial score (nSPS) is 80.7. The molecule has 6 atom stereocenters. The number of hydrogen-bond donors (Lipinski definition) is 1. The minimum atomic E-state index is 0.128. The van der Waals surface area contributed by atoms with Crippen molar-refractivity contribution < 1.29 is 5.11 Å². The Hall–Kier alpha value is -0.0400. The van der Waals surface area contributed by atoms with Crippen LogP contribution in [-0.2, 0) is 0 Å². The molecule has 0 amide bonds. The highest BCUT2D eigenvalue weighted by Gasteiger charge is 2.81. The molecule has 1 nitrogen and oxygen atoms in total. The SMILES string of the molecule is OC1C2CC3CC34CC1C24. The fourth-order valence-electron chi connectivity index (χ4n) is 4.42. The van der Waals surface area contributed by atoms with Crippen molar-refractivity contribution in [3.8, 4) is 0 Å². The van der Waals surface area contributed by atoms with Gasteiger partial charge in [0, 0.05) is 0 Å². The van der Waals surface area contributed by atoms with Gasteiger partial charge in [0.25, 0.3) is 0 Å². The van der Waals surface area contributed by atoms with Crippen molar-refractivity contribution in [2.24, 2.45) is 29.1 Å². The van der Waals surface area contributed by atoms with Crippen molar-refractivity contribution in [1.29, 1.82) is 0 Å². The van der Waals surface area contributed by atoms with Crippen LogP contribution < -0.4 is 0 Å². The van der Waals surface area contributed by atoms with Gasteiger partial charge in [0.1, 0.15) is 0 Å². The van der Waals surface area contributed by atoms with Crippen LogP contribution in [0, 0.1) is 29.1 Å². The van der Waals surface area contributed by atoms with Crippen molar-refractivity contribution in [3.63, 3.8) is 0 Å². The van der Waals surface area contributed by atoms with Crippen LogP contribution in [-0.4, -0.2) is 11.2 Å². The summed E-state index contributed by atoms with van der Waals surface area (Å²) in [7, 11) is 0. The lowest BCUT2D eigenvalue weighted by Gasteiger charge is -2.59. The number of aliphatic hydroxyl groups excluding tert-OH is 1. The lowest BCUT2D eigenvalue weighted by atomic mass is 9.47. The second-order valence-corrected chi connectivity index (χ2v) is 4.92. The van der Waals surface area contributed by atoms with E-state index in [0.29, 0.717) is 0 Å². The van der Waals surface area contributed by atoms with Gasteiger partial charge < -0.3 is 5.11 Å². The molecule has 0 aromatic carbocycles. The summed E-state index contributed by atoms with van der Waals surface area (Å²) < 4.78 is 0. The Balaban J connectivity index is 1.84. The minimum Gasteiger partial charge on any atom is -0.393 e. The van der Waals surface area contributed by atoms with E-state index in [1.165, 1.54) is 19.3 Å². The maximum atomic E-state index is 9.56. The Morgan fingerprint density at radius 3 is 2.90 bits per heavy atom. The summed E-state index contributed by atoms with van der Waals surface area (Å²) in [6, 6.07) is 0. The molecule has 1 heteroatoms. The Kier molecular flexibility index (Phi) is 0.471.